The van der Waals surface area contributed by atoms with Crippen molar-refractivity contribution in [2.45, 2.75) is 75.3 Å². The molecule has 6 aromatic carbocycles. The topological polar surface area (TPSA) is 17.4 Å². The molecule has 2 heterocycles. The lowest BCUT2D eigenvalue weighted by molar-refractivity contribution is 0.310. The molecule has 0 N–H and O–H groups in total. The van der Waals surface area contributed by atoms with Crippen molar-refractivity contribution < 1.29 is 4.74 Å². The second kappa shape index (κ2) is 12.8. The molecule has 3 nitrogen and oxygen atoms in total. The van der Waals surface area contributed by atoms with Gasteiger partial charge in [-0.25, -0.2) is 0 Å². The number of ether oxygens (including phenoxy) is 1. The predicted octanol–water partition coefficient (Wildman–Crippen LogP) is 12.8. The molecule has 0 unspecified atom stereocenters. The van der Waals surface area contributed by atoms with Gasteiger partial charge in [0.05, 0.1) is 16.7 Å². The molecule has 0 amide bonds. The maximum Gasteiger partial charge on any atom is 0.160 e. The van der Waals surface area contributed by atoms with Gasteiger partial charge in [0.25, 0.3) is 0 Å². The van der Waals surface area contributed by atoms with Crippen molar-refractivity contribution in [1.82, 2.24) is 4.57 Å². The highest BCUT2D eigenvalue weighted by molar-refractivity contribution is 6.13. The number of hydrogen-bond donors (Lipinski definition) is 0. The molecule has 10 rings (SSSR count). The molecule has 0 bridgehead atoms. The van der Waals surface area contributed by atoms with E-state index in [1.54, 1.807) is 0 Å². The number of hydrogen-bond acceptors (Lipinski definition) is 2. The quantitative estimate of drug-likeness (QED) is 0.176. The molecule has 3 aliphatic rings. The summed E-state index contributed by atoms with van der Waals surface area (Å²) >= 11 is 0. The van der Waals surface area contributed by atoms with Gasteiger partial charge < -0.3 is 14.2 Å². The molecule has 0 radical (unpaired) electrons. The summed E-state index contributed by atoms with van der Waals surface area (Å²) in [6, 6.07) is 54.8. The average Bonchev–Trinajstić information content (AvgIpc) is 3.55. The Balaban J connectivity index is 0.989. The summed E-state index contributed by atoms with van der Waals surface area (Å²) in [6.07, 6.45) is 10.0. The van der Waals surface area contributed by atoms with Crippen molar-refractivity contribution in [3.63, 3.8) is 0 Å². The fraction of sp³-hybridized carbons (Fsp3) is 0.250. The van der Waals surface area contributed by atoms with Crippen molar-refractivity contribution in [1.29, 1.82) is 0 Å². The van der Waals surface area contributed by atoms with Gasteiger partial charge >= 0.3 is 0 Å². The van der Waals surface area contributed by atoms with E-state index >= 15 is 0 Å². The first-order valence-electron chi connectivity index (χ1n) is 19.1. The van der Waals surface area contributed by atoms with Crippen molar-refractivity contribution in [3.05, 3.63) is 157 Å². The van der Waals surface area contributed by atoms with Crippen LogP contribution < -0.4 is 9.64 Å². The Labute approximate surface area is 301 Å². The number of anilines is 1. The Bertz CT molecular complexity index is 2250. The molecule has 1 aromatic heterocycles. The Hall–Kier alpha value is -5.28. The first kappa shape index (κ1) is 30.5. The van der Waals surface area contributed by atoms with Gasteiger partial charge in [0, 0.05) is 34.1 Å². The maximum absolute atomic E-state index is 6.79. The maximum atomic E-state index is 6.79. The molecule has 0 atom stereocenters. The minimum absolute atomic E-state index is 0.571. The molecule has 3 heteroatoms. The van der Waals surface area contributed by atoms with Crippen LogP contribution in [0, 0.1) is 0 Å². The van der Waals surface area contributed by atoms with Crippen LogP contribution in [0.25, 0.3) is 38.6 Å². The second-order valence-corrected chi connectivity index (χ2v) is 15.0. The molecule has 1 aliphatic heterocycles. The van der Waals surface area contributed by atoms with Crippen LogP contribution in [0.2, 0.25) is 0 Å². The fourth-order valence-electron chi connectivity index (χ4n) is 9.80. The van der Waals surface area contributed by atoms with E-state index in [-0.39, 0.29) is 0 Å². The molecule has 0 spiro atoms. The zero-order valence-corrected chi connectivity index (χ0v) is 29.1. The first-order chi connectivity index (χ1) is 25.3. The van der Waals surface area contributed by atoms with Gasteiger partial charge in [0.1, 0.15) is 0 Å². The van der Waals surface area contributed by atoms with Gasteiger partial charge in [-0.2, -0.15) is 0 Å². The average molecular weight is 665 g/mol. The summed E-state index contributed by atoms with van der Waals surface area (Å²) < 4.78 is 9.19. The van der Waals surface area contributed by atoms with E-state index in [4.69, 9.17) is 4.74 Å². The molecule has 7 aromatic rings. The fourth-order valence-corrected chi connectivity index (χ4v) is 9.80. The summed E-state index contributed by atoms with van der Waals surface area (Å²) in [5.74, 6) is 3.20. The van der Waals surface area contributed by atoms with Gasteiger partial charge in [-0.15, -0.1) is 0 Å². The molecule has 51 heavy (non-hydrogen) atoms. The van der Waals surface area contributed by atoms with Crippen LogP contribution in [0.15, 0.2) is 146 Å². The van der Waals surface area contributed by atoms with Crippen LogP contribution in [0.4, 0.5) is 5.69 Å². The Morgan fingerprint density at radius 3 is 1.71 bits per heavy atom. The van der Waals surface area contributed by atoms with Crippen LogP contribution in [-0.4, -0.2) is 16.7 Å². The summed E-state index contributed by atoms with van der Waals surface area (Å²) in [4.78, 5) is 2.87. The number of benzene rings is 6. The molecular formula is C48H44N2O. The standard InChI is InChI=1S/C48H44N2O/c1-3-11-33(12-4-1)35-19-25-38(26-20-35)49(39-27-21-36(22-28-39)34-13-5-2-6-14-34)40-29-23-37(24-30-40)41-31-32-43-42-15-7-8-16-44(42)50-45-17-9-10-18-46(45)51-48(41)47(43)50/h1-18,23-24,29-32,35-36,38-39H,19-22,25-28H2. The first-order valence-corrected chi connectivity index (χ1v) is 19.1. The lowest BCUT2D eigenvalue weighted by Gasteiger charge is -2.45. The highest BCUT2D eigenvalue weighted by Gasteiger charge is 2.34. The van der Waals surface area contributed by atoms with Gasteiger partial charge in [0.15, 0.2) is 11.5 Å². The van der Waals surface area contributed by atoms with Crippen molar-refractivity contribution >= 4 is 27.5 Å². The number of para-hydroxylation sites is 3. The number of aromatic nitrogens is 1. The number of nitrogens with zero attached hydrogens (tertiary/aromatic N) is 2. The van der Waals surface area contributed by atoms with E-state index in [2.05, 4.69) is 155 Å². The third kappa shape index (κ3) is 5.33. The zero-order valence-electron chi connectivity index (χ0n) is 29.1. The van der Waals surface area contributed by atoms with E-state index < -0.39 is 0 Å². The van der Waals surface area contributed by atoms with E-state index in [1.807, 2.05) is 0 Å². The normalized spacial score (nSPS) is 21.3. The van der Waals surface area contributed by atoms with Crippen LogP contribution in [0.5, 0.6) is 11.5 Å². The van der Waals surface area contributed by atoms with E-state index in [0.717, 1.165) is 28.3 Å². The molecule has 252 valence electrons. The van der Waals surface area contributed by atoms with Crippen LogP contribution in [0.3, 0.4) is 0 Å². The number of fused-ring (bicyclic) bond motifs is 5. The van der Waals surface area contributed by atoms with Crippen LogP contribution >= 0.6 is 0 Å². The van der Waals surface area contributed by atoms with Gasteiger partial charge in [-0.3, -0.25) is 0 Å². The smallest absolute Gasteiger partial charge is 0.160 e. The minimum Gasteiger partial charge on any atom is -0.452 e. The Morgan fingerprint density at radius 2 is 1.06 bits per heavy atom. The Morgan fingerprint density at radius 1 is 0.490 bits per heavy atom. The monoisotopic (exact) mass is 664 g/mol. The lowest BCUT2D eigenvalue weighted by atomic mass is 9.78. The SMILES string of the molecule is c1ccc(C2CCC(N(c3ccc(-c4ccc5c6ccccc6n6c5c4Oc4ccccc4-6)cc3)C3CCC(c4ccccc4)CC3)CC2)cc1. The van der Waals surface area contributed by atoms with Gasteiger partial charge in [0.2, 0.25) is 0 Å². The third-order valence-corrected chi connectivity index (χ3v) is 12.3. The minimum atomic E-state index is 0.571. The number of rotatable bonds is 6. The predicted molar refractivity (Wildman–Crippen MR) is 212 cm³/mol. The van der Waals surface area contributed by atoms with Crippen LogP contribution in [-0.2, 0) is 0 Å². The molecule has 2 fully saturated rings. The van der Waals surface area contributed by atoms with Gasteiger partial charge in [-0.1, -0.05) is 109 Å². The van der Waals surface area contributed by atoms with Crippen molar-refractivity contribution in [2.75, 3.05) is 4.90 Å². The lowest BCUT2D eigenvalue weighted by Crippen LogP contribution is -2.46. The second-order valence-electron chi connectivity index (χ2n) is 15.0. The zero-order chi connectivity index (χ0) is 33.7. The summed E-state index contributed by atoms with van der Waals surface area (Å²) in [5.41, 5.74) is 10.2. The molecular weight excluding hydrogens is 621 g/mol. The highest BCUT2D eigenvalue weighted by atomic mass is 16.5. The third-order valence-electron chi connectivity index (χ3n) is 12.3. The summed E-state index contributed by atoms with van der Waals surface area (Å²) in [5, 5.41) is 2.49. The van der Waals surface area contributed by atoms with Crippen molar-refractivity contribution in [3.8, 4) is 28.3 Å². The molecule has 0 saturated heterocycles. The van der Waals surface area contributed by atoms with E-state index in [0.29, 0.717) is 23.9 Å². The highest BCUT2D eigenvalue weighted by Crippen LogP contribution is 2.50. The van der Waals surface area contributed by atoms with Crippen molar-refractivity contribution in [2.24, 2.45) is 0 Å². The van der Waals surface area contributed by atoms with E-state index in [1.165, 1.54) is 90.0 Å². The summed E-state index contributed by atoms with van der Waals surface area (Å²) in [6.45, 7) is 0. The summed E-state index contributed by atoms with van der Waals surface area (Å²) in [7, 11) is 0. The van der Waals surface area contributed by atoms with E-state index in [9.17, 15) is 0 Å². The van der Waals surface area contributed by atoms with Crippen LogP contribution in [0.1, 0.15) is 74.3 Å². The largest absolute Gasteiger partial charge is 0.452 e. The molecule has 2 aliphatic carbocycles. The molecule has 2 saturated carbocycles. The Kier molecular flexibility index (Phi) is 7.66. The van der Waals surface area contributed by atoms with Gasteiger partial charge in [-0.05, 0) is 116 Å².